The molecule has 2 saturated heterocycles. The fourth-order valence-corrected chi connectivity index (χ4v) is 3.77. The molecule has 132 valence electrons. The van der Waals surface area contributed by atoms with E-state index in [0.29, 0.717) is 11.6 Å². The fourth-order valence-electron chi connectivity index (χ4n) is 2.84. The highest BCUT2D eigenvalue weighted by Crippen LogP contribution is 2.38. The van der Waals surface area contributed by atoms with Gasteiger partial charge in [0.05, 0.1) is 18.6 Å². The highest BCUT2D eigenvalue weighted by atomic mass is 32.1. The van der Waals surface area contributed by atoms with Gasteiger partial charge in [-0.15, -0.1) is 10.2 Å². The van der Waals surface area contributed by atoms with Gasteiger partial charge < -0.3 is 15.0 Å². The van der Waals surface area contributed by atoms with E-state index in [0.717, 1.165) is 22.9 Å². The van der Waals surface area contributed by atoms with E-state index in [1.165, 1.54) is 11.3 Å². The van der Waals surface area contributed by atoms with E-state index >= 15 is 0 Å². The van der Waals surface area contributed by atoms with Crippen molar-refractivity contribution in [1.82, 2.24) is 25.5 Å². The van der Waals surface area contributed by atoms with Gasteiger partial charge in [-0.05, 0) is 33.6 Å². The Morgan fingerprint density at radius 3 is 2.88 bits per heavy atom. The number of piperidine rings is 1. The van der Waals surface area contributed by atoms with Crippen molar-refractivity contribution in [2.24, 2.45) is 0 Å². The van der Waals surface area contributed by atoms with Gasteiger partial charge in [-0.2, -0.15) is 0 Å². The first-order valence-electron chi connectivity index (χ1n) is 7.82. The average Bonchev–Trinajstić information content (AvgIpc) is 3.05. The Labute approximate surface area is 143 Å². The van der Waals surface area contributed by atoms with Gasteiger partial charge >= 0.3 is 12.1 Å². The van der Waals surface area contributed by atoms with Crippen LogP contribution in [-0.2, 0) is 11.3 Å². The molecule has 2 bridgehead atoms. The highest BCUT2D eigenvalue weighted by molar-refractivity contribution is 7.11. The number of ether oxygens (including phenoxy) is 1. The van der Waals surface area contributed by atoms with Crippen LogP contribution in [0, 0.1) is 0 Å². The van der Waals surface area contributed by atoms with Crippen LogP contribution in [0.5, 0.6) is 0 Å². The van der Waals surface area contributed by atoms with Gasteiger partial charge in [0.2, 0.25) is 0 Å². The average molecular weight is 355 g/mol. The number of aromatic nitrogens is 2. The second kappa shape index (κ2) is 6.17. The first kappa shape index (κ1) is 16.9. The molecule has 3 heterocycles. The Morgan fingerprint density at radius 2 is 2.17 bits per heavy atom. The predicted molar refractivity (Wildman–Crippen MR) is 84.5 cm³/mol. The molecule has 0 radical (unpaired) electrons. The number of carbonyl (C=O) groups is 2. The Kier molecular flexibility index (Phi) is 4.35. The van der Waals surface area contributed by atoms with Gasteiger partial charge in [0.25, 0.3) is 0 Å². The van der Waals surface area contributed by atoms with Crippen molar-refractivity contribution in [2.45, 2.75) is 57.8 Å². The van der Waals surface area contributed by atoms with Crippen molar-refractivity contribution < 1.29 is 19.5 Å². The van der Waals surface area contributed by atoms with Crippen LogP contribution in [-0.4, -0.2) is 55.7 Å². The first-order chi connectivity index (χ1) is 11.2. The summed E-state index contributed by atoms with van der Waals surface area (Å²) in [6, 6.07) is -0.681. The van der Waals surface area contributed by atoms with Crippen molar-refractivity contribution >= 4 is 23.5 Å². The van der Waals surface area contributed by atoms with E-state index in [-0.39, 0.29) is 24.7 Å². The Hall–Kier alpha value is -1.94. The van der Waals surface area contributed by atoms with Gasteiger partial charge in [-0.1, -0.05) is 11.3 Å². The molecule has 2 atom stereocenters. The van der Waals surface area contributed by atoms with Crippen LogP contribution < -0.4 is 5.32 Å². The molecule has 0 aliphatic carbocycles. The van der Waals surface area contributed by atoms with Crippen molar-refractivity contribution in [3.63, 3.8) is 0 Å². The summed E-state index contributed by atoms with van der Waals surface area (Å²) >= 11 is 1.35. The van der Waals surface area contributed by atoms with Gasteiger partial charge in [0.15, 0.2) is 0 Å². The number of carbonyl (C=O) groups excluding carboxylic acids is 2. The molecule has 0 aromatic carbocycles. The molecule has 2 aliphatic heterocycles. The molecule has 1 aromatic rings. The molecule has 0 spiro atoms. The maximum atomic E-state index is 12.0. The molecule has 3 rings (SSSR count). The summed E-state index contributed by atoms with van der Waals surface area (Å²) in [5.74, 6) is 0. The smallest absolute Gasteiger partial charge is 0.408 e. The zero-order valence-electron chi connectivity index (χ0n) is 13.9. The molecule has 10 heteroatoms. The monoisotopic (exact) mass is 355 g/mol. The van der Waals surface area contributed by atoms with Gasteiger partial charge in [0, 0.05) is 6.54 Å². The van der Waals surface area contributed by atoms with E-state index in [2.05, 4.69) is 15.5 Å². The number of hydrogen-bond donors (Lipinski definition) is 2. The molecule has 3 amide bonds. The lowest BCUT2D eigenvalue weighted by molar-refractivity contribution is -0.0584. The van der Waals surface area contributed by atoms with Crippen molar-refractivity contribution in [1.29, 1.82) is 0 Å². The molecule has 24 heavy (non-hydrogen) atoms. The minimum absolute atomic E-state index is 0.130. The van der Waals surface area contributed by atoms with E-state index < -0.39 is 11.7 Å². The molecule has 2 fully saturated rings. The third-order valence-corrected chi connectivity index (χ3v) is 4.92. The highest BCUT2D eigenvalue weighted by Gasteiger charge is 2.45. The third kappa shape index (κ3) is 3.44. The molecule has 0 unspecified atom stereocenters. The number of nitrogens with zero attached hydrogens (tertiary/aromatic N) is 4. The molecular formula is C14H21N5O4S. The first-order valence-corrected chi connectivity index (χ1v) is 8.64. The number of rotatable bonds is 3. The lowest BCUT2D eigenvalue weighted by Crippen LogP contribution is -2.33. The van der Waals surface area contributed by atoms with Crippen LogP contribution >= 0.6 is 11.3 Å². The fraction of sp³-hybridized carbons (Fsp3) is 0.714. The summed E-state index contributed by atoms with van der Waals surface area (Å²) in [5, 5.41) is 22.8. The second-order valence-electron chi connectivity index (χ2n) is 6.92. The van der Waals surface area contributed by atoms with Gasteiger partial charge in [0.1, 0.15) is 15.6 Å². The van der Waals surface area contributed by atoms with Crippen LogP contribution in [0.2, 0.25) is 0 Å². The Morgan fingerprint density at radius 1 is 1.42 bits per heavy atom. The van der Waals surface area contributed by atoms with Crippen molar-refractivity contribution in [2.75, 3.05) is 6.54 Å². The zero-order valence-corrected chi connectivity index (χ0v) is 14.7. The summed E-state index contributed by atoms with van der Waals surface area (Å²) in [7, 11) is 0. The lowest BCUT2D eigenvalue weighted by Gasteiger charge is -2.28. The zero-order chi connectivity index (χ0) is 17.5. The number of alkyl carbamates (subject to hydrolysis) is 1. The molecule has 2 aliphatic rings. The van der Waals surface area contributed by atoms with Crippen molar-refractivity contribution in [3.8, 4) is 0 Å². The molecule has 9 nitrogen and oxygen atoms in total. The van der Waals surface area contributed by atoms with E-state index in [4.69, 9.17) is 4.74 Å². The Bertz CT molecular complexity index is 643. The predicted octanol–water partition coefficient (Wildman–Crippen LogP) is 1.89. The number of urea groups is 1. The number of nitrogens with one attached hydrogen (secondary N) is 1. The van der Waals surface area contributed by atoms with Crippen LogP contribution in [0.3, 0.4) is 0 Å². The van der Waals surface area contributed by atoms with E-state index in [9.17, 15) is 14.8 Å². The third-order valence-electron chi connectivity index (χ3n) is 3.89. The number of hydroxylamine groups is 2. The number of amides is 3. The maximum Gasteiger partial charge on any atom is 0.408 e. The van der Waals surface area contributed by atoms with Crippen LogP contribution in [0.15, 0.2) is 0 Å². The largest absolute Gasteiger partial charge is 0.444 e. The molecule has 2 N–H and O–H groups in total. The maximum absolute atomic E-state index is 12.0. The van der Waals surface area contributed by atoms with E-state index in [1.54, 1.807) is 25.7 Å². The summed E-state index contributed by atoms with van der Waals surface area (Å²) < 4.78 is 5.17. The minimum atomic E-state index is -0.554. The summed E-state index contributed by atoms with van der Waals surface area (Å²) in [6.45, 7) is 6.11. The molecule has 1 aromatic heterocycles. The number of fused-ring (bicyclic) bond motifs is 2. The van der Waals surface area contributed by atoms with Gasteiger partial charge in [-0.3, -0.25) is 5.21 Å². The number of hydrogen-bond acceptors (Lipinski definition) is 7. The SMILES string of the molecule is CC(C)(C)OC(=O)NCc1nnc([C@@H]2CC[C@H]3CN2C(=O)N3O)s1. The molecule has 0 saturated carbocycles. The van der Waals surface area contributed by atoms with Crippen LogP contribution in [0.25, 0.3) is 0 Å². The summed E-state index contributed by atoms with van der Waals surface area (Å²) in [6.07, 6.45) is 0.959. The second-order valence-corrected chi connectivity index (χ2v) is 8.01. The summed E-state index contributed by atoms with van der Waals surface area (Å²) in [4.78, 5) is 25.3. The van der Waals surface area contributed by atoms with Crippen LogP contribution in [0.1, 0.15) is 49.7 Å². The molecular weight excluding hydrogens is 334 g/mol. The minimum Gasteiger partial charge on any atom is -0.444 e. The lowest BCUT2D eigenvalue weighted by atomic mass is 10.0. The van der Waals surface area contributed by atoms with E-state index in [1.807, 2.05) is 0 Å². The quantitative estimate of drug-likeness (QED) is 0.802. The normalized spacial score (nSPS) is 23.6. The Balaban J connectivity index is 1.60. The topological polar surface area (TPSA) is 108 Å². The summed E-state index contributed by atoms with van der Waals surface area (Å²) in [5.41, 5.74) is -0.554. The van der Waals surface area contributed by atoms with Gasteiger partial charge in [-0.25, -0.2) is 14.7 Å². The van der Waals surface area contributed by atoms with Crippen molar-refractivity contribution in [3.05, 3.63) is 10.0 Å². The standard InChI is InChI=1S/C14H21N5O4S/c1-14(2,3)23-12(20)15-6-10-16-17-11(24-10)9-5-4-8-7-18(9)13(21)19(8)22/h8-9,22H,4-7H2,1-3H3,(H,15,20)/t8-,9-/m0/s1. The van der Waals surface area contributed by atoms with Crippen LogP contribution in [0.4, 0.5) is 9.59 Å².